The van der Waals surface area contributed by atoms with Crippen LogP contribution in [0.3, 0.4) is 0 Å². The van der Waals surface area contributed by atoms with Crippen LogP contribution in [0.25, 0.3) is 0 Å². The van der Waals surface area contributed by atoms with Crippen molar-refractivity contribution in [2.75, 3.05) is 33.1 Å². The number of likely N-dealkylation sites (tertiary alicyclic amines) is 1. The van der Waals surface area contributed by atoms with E-state index >= 15 is 0 Å². The molecule has 112 valence electrons. The smallest absolute Gasteiger partial charge is 0.143 e. The third kappa shape index (κ3) is 3.30. The number of anilines is 1. The molecule has 1 aromatic rings. The fourth-order valence-corrected chi connectivity index (χ4v) is 2.84. The molecule has 1 aromatic carbocycles. The SMILES string of the molecule is COc1cc(NC2CCN(C)C(C)C2)c(OC)cc1Cl. The van der Waals surface area contributed by atoms with Gasteiger partial charge in [0, 0.05) is 30.8 Å². The van der Waals surface area contributed by atoms with Gasteiger partial charge in [-0.2, -0.15) is 0 Å². The van der Waals surface area contributed by atoms with Crippen molar-refractivity contribution in [3.05, 3.63) is 17.2 Å². The van der Waals surface area contributed by atoms with Crippen LogP contribution in [0.5, 0.6) is 11.5 Å². The molecule has 0 amide bonds. The third-order valence-corrected chi connectivity index (χ3v) is 4.34. The van der Waals surface area contributed by atoms with Crippen molar-refractivity contribution in [2.45, 2.75) is 31.8 Å². The molecule has 20 heavy (non-hydrogen) atoms. The van der Waals surface area contributed by atoms with Gasteiger partial charge in [-0.25, -0.2) is 0 Å². The van der Waals surface area contributed by atoms with Crippen LogP contribution < -0.4 is 14.8 Å². The summed E-state index contributed by atoms with van der Waals surface area (Å²) in [4.78, 5) is 2.39. The number of nitrogens with one attached hydrogen (secondary N) is 1. The van der Waals surface area contributed by atoms with Crippen LogP contribution in [-0.2, 0) is 0 Å². The van der Waals surface area contributed by atoms with E-state index in [4.69, 9.17) is 21.1 Å². The number of rotatable bonds is 4. The topological polar surface area (TPSA) is 33.7 Å². The van der Waals surface area contributed by atoms with Crippen LogP contribution in [0.2, 0.25) is 5.02 Å². The van der Waals surface area contributed by atoms with E-state index in [0.717, 1.165) is 30.8 Å². The average molecular weight is 299 g/mol. The van der Waals surface area contributed by atoms with E-state index in [0.29, 0.717) is 22.9 Å². The van der Waals surface area contributed by atoms with E-state index in [1.54, 1.807) is 20.3 Å². The lowest BCUT2D eigenvalue weighted by Gasteiger charge is -2.36. The average Bonchev–Trinajstić information content (AvgIpc) is 2.44. The fraction of sp³-hybridized carbons (Fsp3) is 0.600. The Hall–Kier alpha value is -1.13. The summed E-state index contributed by atoms with van der Waals surface area (Å²) in [5.41, 5.74) is 0.940. The Morgan fingerprint density at radius 3 is 2.55 bits per heavy atom. The van der Waals surface area contributed by atoms with Gasteiger partial charge in [-0.3, -0.25) is 0 Å². The first-order valence-electron chi connectivity index (χ1n) is 6.93. The predicted octanol–water partition coefficient (Wildman–Crippen LogP) is 3.25. The lowest BCUT2D eigenvalue weighted by Crippen LogP contribution is -2.42. The summed E-state index contributed by atoms with van der Waals surface area (Å²) < 4.78 is 10.7. The highest BCUT2D eigenvalue weighted by Gasteiger charge is 2.23. The molecule has 0 aliphatic carbocycles. The largest absolute Gasteiger partial charge is 0.495 e. The van der Waals surface area contributed by atoms with E-state index in [-0.39, 0.29) is 0 Å². The Kier molecular flexibility index (Phi) is 5.00. The molecule has 4 nitrogen and oxygen atoms in total. The van der Waals surface area contributed by atoms with Crippen molar-refractivity contribution in [1.82, 2.24) is 4.90 Å². The molecule has 0 spiro atoms. The summed E-state index contributed by atoms with van der Waals surface area (Å²) in [6.45, 7) is 3.36. The van der Waals surface area contributed by atoms with Gasteiger partial charge in [0.2, 0.25) is 0 Å². The quantitative estimate of drug-likeness (QED) is 0.925. The van der Waals surface area contributed by atoms with Crippen LogP contribution in [0.1, 0.15) is 19.8 Å². The van der Waals surface area contributed by atoms with Gasteiger partial charge in [0.1, 0.15) is 11.5 Å². The second-order valence-electron chi connectivity index (χ2n) is 5.38. The number of benzene rings is 1. The maximum atomic E-state index is 6.13. The maximum absolute atomic E-state index is 6.13. The first-order chi connectivity index (χ1) is 9.55. The molecular weight excluding hydrogens is 276 g/mol. The minimum Gasteiger partial charge on any atom is -0.495 e. The zero-order chi connectivity index (χ0) is 14.7. The van der Waals surface area contributed by atoms with Crippen molar-refractivity contribution in [2.24, 2.45) is 0 Å². The summed E-state index contributed by atoms with van der Waals surface area (Å²) in [7, 11) is 5.45. The molecule has 0 saturated carbocycles. The molecule has 0 bridgehead atoms. The number of hydrogen-bond donors (Lipinski definition) is 1. The van der Waals surface area contributed by atoms with Gasteiger partial charge >= 0.3 is 0 Å². The van der Waals surface area contributed by atoms with Gasteiger partial charge in [0.05, 0.1) is 24.9 Å². The number of halogens is 1. The molecule has 2 rings (SSSR count). The lowest BCUT2D eigenvalue weighted by molar-refractivity contribution is 0.190. The molecule has 1 heterocycles. The van der Waals surface area contributed by atoms with Crippen molar-refractivity contribution in [3.8, 4) is 11.5 Å². The highest BCUT2D eigenvalue weighted by molar-refractivity contribution is 6.32. The summed E-state index contributed by atoms with van der Waals surface area (Å²) >= 11 is 6.13. The fourth-order valence-electron chi connectivity index (χ4n) is 2.61. The monoisotopic (exact) mass is 298 g/mol. The minimum atomic E-state index is 0.445. The standard InChI is InChI=1S/C15H23ClN2O2/c1-10-7-11(5-6-18(10)2)17-13-9-14(19-3)12(16)8-15(13)20-4/h8-11,17H,5-7H2,1-4H3. The zero-order valence-electron chi connectivity index (χ0n) is 12.6. The summed E-state index contributed by atoms with van der Waals surface area (Å²) in [6.07, 6.45) is 2.24. The second kappa shape index (κ2) is 6.55. The Bertz CT molecular complexity index is 467. The minimum absolute atomic E-state index is 0.445. The van der Waals surface area contributed by atoms with Crippen molar-refractivity contribution >= 4 is 17.3 Å². The first-order valence-corrected chi connectivity index (χ1v) is 7.31. The van der Waals surface area contributed by atoms with Crippen LogP contribution in [0, 0.1) is 0 Å². The molecule has 1 aliphatic heterocycles. The van der Waals surface area contributed by atoms with Gasteiger partial charge in [0.15, 0.2) is 0 Å². The number of nitrogens with zero attached hydrogens (tertiary/aromatic N) is 1. The molecule has 1 fully saturated rings. The van der Waals surface area contributed by atoms with Crippen molar-refractivity contribution < 1.29 is 9.47 Å². The van der Waals surface area contributed by atoms with Gasteiger partial charge < -0.3 is 19.7 Å². The summed E-state index contributed by atoms with van der Waals surface area (Å²) in [5, 5.41) is 4.12. The first kappa shape index (κ1) is 15.3. The third-order valence-electron chi connectivity index (χ3n) is 4.04. The van der Waals surface area contributed by atoms with Crippen LogP contribution in [0.15, 0.2) is 12.1 Å². The summed E-state index contributed by atoms with van der Waals surface area (Å²) in [5.74, 6) is 1.42. The van der Waals surface area contributed by atoms with Crippen molar-refractivity contribution in [1.29, 1.82) is 0 Å². The molecule has 1 N–H and O–H groups in total. The number of piperidine rings is 1. The van der Waals surface area contributed by atoms with Gasteiger partial charge in [-0.1, -0.05) is 11.6 Å². The summed E-state index contributed by atoms with van der Waals surface area (Å²) in [6, 6.07) is 4.73. The molecule has 1 saturated heterocycles. The van der Waals surface area contributed by atoms with E-state index in [1.165, 1.54) is 0 Å². The molecule has 0 radical (unpaired) electrons. The van der Waals surface area contributed by atoms with Gasteiger partial charge in [0.25, 0.3) is 0 Å². The van der Waals surface area contributed by atoms with Crippen LogP contribution in [0.4, 0.5) is 5.69 Å². The molecule has 1 aliphatic rings. The second-order valence-corrected chi connectivity index (χ2v) is 5.79. The van der Waals surface area contributed by atoms with Crippen LogP contribution >= 0.6 is 11.6 Å². The van der Waals surface area contributed by atoms with Gasteiger partial charge in [-0.15, -0.1) is 0 Å². The lowest BCUT2D eigenvalue weighted by atomic mass is 9.98. The van der Waals surface area contributed by atoms with E-state index < -0.39 is 0 Å². The molecule has 5 heteroatoms. The van der Waals surface area contributed by atoms with E-state index in [2.05, 4.69) is 24.2 Å². The van der Waals surface area contributed by atoms with Crippen LogP contribution in [-0.4, -0.2) is 44.8 Å². The molecule has 2 unspecified atom stereocenters. The number of ether oxygens (including phenoxy) is 2. The number of hydrogen-bond acceptors (Lipinski definition) is 4. The molecular formula is C15H23ClN2O2. The maximum Gasteiger partial charge on any atom is 0.143 e. The zero-order valence-corrected chi connectivity index (χ0v) is 13.3. The Labute approximate surface area is 126 Å². The van der Waals surface area contributed by atoms with E-state index in [1.807, 2.05) is 6.07 Å². The van der Waals surface area contributed by atoms with Crippen molar-refractivity contribution in [3.63, 3.8) is 0 Å². The number of methoxy groups -OCH3 is 2. The molecule has 0 aromatic heterocycles. The van der Waals surface area contributed by atoms with E-state index in [9.17, 15) is 0 Å². The Balaban J connectivity index is 2.16. The Morgan fingerprint density at radius 2 is 1.95 bits per heavy atom. The van der Waals surface area contributed by atoms with Gasteiger partial charge in [-0.05, 0) is 26.8 Å². The molecule has 2 atom stereocenters. The highest BCUT2D eigenvalue weighted by atomic mass is 35.5. The Morgan fingerprint density at radius 1 is 1.25 bits per heavy atom. The highest BCUT2D eigenvalue weighted by Crippen LogP contribution is 2.37. The predicted molar refractivity (Wildman–Crippen MR) is 83.3 cm³/mol. The normalized spacial score (nSPS) is 23.4.